The summed E-state index contributed by atoms with van der Waals surface area (Å²) in [6.07, 6.45) is 1.72. The van der Waals surface area contributed by atoms with E-state index < -0.39 is 0 Å². The van der Waals surface area contributed by atoms with Gasteiger partial charge in [0.05, 0.1) is 0 Å². The molecule has 0 aromatic rings. The summed E-state index contributed by atoms with van der Waals surface area (Å²) in [5.74, 6) is 0.289. The number of Topliss-reactive ketones (excluding diaryl/α,β-unsaturated/α-hetero) is 1. The minimum Gasteiger partial charge on any atom is -0.300 e. The van der Waals surface area contributed by atoms with E-state index in [4.69, 9.17) is 0 Å². The minimum absolute atomic E-state index is 0. The van der Waals surface area contributed by atoms with Crippen molar-refractivity contribution in [2.45, 2.75) is 26.7 Å². The maximum Gasteiger partial charge on any atom is 0.129 e. The van der Waals surface area contributed by atoms with Crippen molar-refractivity contribution >= 4 is 64.9 Å². The van der Waals surface area contributed by atoms with E-state index in [0.29, 0.717) is 0 Å². The third-order valence-electron chi connectivity index (χ3n) is 0.602. The van der Waals surface area contributed by atoms with Crippen LogP contribution >= 0.6 is 0 Å². The molecule has 38 valence electrons. The number of hydrogen-bond donors (Lipinski definition) is 0. The van der Waals surface area contributed by atoms with Crippen molar-refractivity contribution < 1.29 is 4.79 Å². The van der Waals surface area contributed by atoms with Crippen LogP contribution in [0.2, 0.25) is 0 Å². The number of rotatable bonds is 2. The van der Waals surface area contributed by atoms with Crippen LogP contribution < -0.4 is 0 Å². The van der Waals surface area contributed by atoms with Crippen LogP contribution in [0.25, 0.3) is 0 Å². The molecule has 0 atom stereocenters. The summed E-state index contributed by atoms with van der Waals surface area (Å²) < 4.78 is 0. The van der Waals surface area contributed by atoms with Gasteiger partial charge in [-0.05, 0) is 13.3 Å². The van der Waals surface area contributed by atoms with E-state index in [9.17, 15) is 4.79 Å². The van der Waals surface area contributed by atoms with Crippen LogP contribution in [-0.4, -0.2) is 64.9 Å². The van der Waals surface area contributed by atoms with E-state index in [0.717, 1.165) is 12.8 Å². The first kappa shape index (κ1) is 16.3. The topological polar surface area (TPSA) is 17.1 Å². The van der Waals surface area contributed by atoms with E-state index in [1.165, 1.54) is 0 Å². The van der Waals surface area contributed by atoms with Crippen molar-refractivity contribution in [3.05, 3.63) is 0 Å². The largest absolute Gasteiger partial charge is 0.300 e. The molecule has 0 spiro atoms. The van der Waals surface area contributed by atoms with E-state index in [-0.39, 0.29) is 64.9 Å². The number of carbonyl (C=O) groups is 1. The molecule has 0 fully saturated rings. The molecule has 0 saturated heterocycles. The molecule has 0 N–H and O–H groups in total. The summed E-state index contributed by atoms with van der Waals surface area (Å²) in [6.45, 7) is 3.62. The average Bonchev–Trinajstić information content (AvgIpc) is 1.35. The van der Waals surface area contributed by atoms with E-state index in [1.807, 2.05) is 6.92 Å². The van der Waals surface area contributed by atoms with Crippen molar-refractivity contribution in [1.82, 2.24) is 0 Å². The van der Waals surface area contributed by atoms with Crippen LogP contribution in [-0.2, 0) is 4.79 Å². The van der Waals surface area contributed by atoms with Gasteiger partial charge >= 0.3 is 0 Å². The van der Waals surface area contributed by atoms with Gasteiger partial charge in [-0.25, -0.2) is 0 Å². The maximum absolute atomic E-state index is 10.0. The molecule has 0 heterocycles. The normalized spacial score (nSPS) is 6.25. The van der Waals surface area contributed by atoms with E-state index in [2.05, 4.69) is 0 Å². The Balaban J connectivity index is -0.000000125. The molecule has 0 aromatic heterocycles. The van der Waals surface area contributed by atoms with Crippen LogP contribution in [0.5, 0.6) is 0 Å². The van der Waals surface area contributed by atoms with Gasteiger partial charge in [0.2, 0.25) is 0 Å². The number of carbonyl (C=O) groups excluding carboxylic acids is 1. The van der Waals surface area contributed by atoms with Crippen LogP contribution in [0, 0.1) is 0 Å². The smallest absolute Gasteiger partial charge is 0.129 e. The molecule has 3 heteroatoms. The van der Waals surface area contributed by atoms with Crippen molar-refractivity contribution in [1.29, 1.82) is 0 Å². The summed E-state index contributed by atoms with van der Waals surface area (Å²) in [5, 5.41) is 0. The SMILES string of the molecule is CCCC(C)=O.[Na].[Na]. The van der Waals surface area contributed by atoms with Gasteiger partial charge in [0.1, 0.15) is 5.78 Å². The van der Waals surface area contributed by atoms with Gasteiger partial charge in [0.15, 0.2) is 0 Å². The Morgan fingerprint density at radius 3 is 1.75 bits per heavy atom. The molecule has 0 amide bonds. The predicted molar refractivity (Wildman–Crippen MR) is 37.1 cm³/mol. The second-order valence-electron chi connectivity index (χ2n) is 1.45. The van der Waals surface area contributed by atoms with Gasteiger partial charge in [-0.1, -0.05) is 6.92 Å². The second kappa shape index (κ2) is 11.5. The van der Waals surface area contributed by atoms with Crippen LogP contribution in [0.4, 0.5) is 0 Å². The van der Waals surface area contributed by atoms with Crippen LogP contribution in [0.3, 0.4) is 0 Å². The summed E-state index contributed by atoms with van der Waals surface area (Å²) >= 11 is 0. The van der Waals surface area contributed by atoms with Crippen molar-refractivity contribution in [2.75, 3.05) is 0 Å². The Morgan fingerprint density at radius 1 is 1.38 bits per heavy atom. The molecule has 1 nitrogen and oxygen atoms in total. The van der Waals surface area contributed by atoms with Crippen molar-refractivity contribution in [3.8, 4) is 0 Å². The third-order valence-corrected chi connectivity index (χ3v) is 0.602. The molecule has 2 radical (unpaired) electrons. The predicted octanol–water partition coefficient (Wildman–Crippen LogP) is 0.614. The quantitative estimate of drug-likeness (QED) is 0.503. The van der Waals surface area contributed by atoms with Gasteiger partial charge < -0.3 is 4.79 Å². The number of hydrogen-bond acceptors (Lipinski definition) is 1. The average molecular weight is 132 g/mol. The molecule has 8 heavy (non-hydrogen) atoms. The molecule has 0 aliphatic carbocycles. The first-order valence-electron chi connectivity index (χ1n) is 2.26. The summed E-state index contributed by atoms with van der Waals surface area (Å²) in [7, 11) is 0. The maximum atomic E-state index is 10.0. The standard InChI is InChI=1S/C5H10O.2Na/c1-3-4-5(2)6;;/h3-4H2,1-2H3;;. The zero-order valence-corrected chi connectivity index (χ0v) is 10.3. The molecule has 0 rings (SSSR count). The molecular formula is C5H10Na2O. The fraction of sp³-hybridized carbons (Fsp3) is 0.800. The van der Waals surface area contributed by atoms with Gasteiger partial charge in [-0.2, -0.15) is 0 Å². The Labute approximate surface area is 95.2 Å². The zero-order chi connectivity index (χ0) is 4.99. The van der Waals surface area contributed by atoms with E-state index in [1.54, 1.807) is 6.92 Å². The summed E-state index contributed by atoms with van der Waals surface area (Å²) in [6, 6.07) is 0. The van der Waals surface area contributed by atoms with Gasteiger partial charge in [0, 0.05) is 65.5 Å². The van der Waals surface area contributed by atoms with Gasteiger partial charge in [0.25, 0.3) is 0 Å². The Bertz CT molecular complexity index is 54.4. The zero-order valence-electron chi connectivity index (χ0n) is 6.32. The third kappa shape index (κ3) is 15.6. The molecular weight excluding hydrogens is 122 g/mol. The van der Waals surface area contributed by atoms with Gasteiger partial charge in [-0.3, -0.25) is 0 Å². The minimum atomic E-state index is 0. The van der Waals surface area contributed by atoms with Gasteiger partial charge in [-0.15, -0.1) is 0 Å². The first-order valence-corrected chi connectivity index (χ1v) is 2.26. The number of ketones is 1. The molecule has 0 bridgehead atoms. The fourth-order valence-electron chi connectivity index (χ4n) is 0.352. The van der Waals surface area contributed by atoms with E-state index >= 15 is 0 Å². The summed E-state index contributed by atoms with van der Waals surface area (Å²) in [5.41, 5.74) is 0. The first-order chi connectivity index (χ1) is 2.77. The molecule has 0 saturated carbocycles. The second-order valence-corrected chi connectivity index (χ2v) is 1.45. The Morgan fingerprint density at radius 2 is 1.75 bits per heavy atom. The monoisotopic (exact) mass is 132 g/mol. The van der Waals surface area contributed by atoms with Crippen molar-refractivity contribution in [2.24, 2.45) is 0 Å². The van der Waals surface area contributed by atoms with Crippen molar-refractivity contribution in [3.63, 3.8) is 0 Å². The Hall–Kier alpha value is 1.67. The van der Waals surface area contributed by atoms with Crippen LogP contribution in [0.1, 0.15) is 26.7 Å². The molecule has 0 aliphatic heterocycles. The fourth-order valence-corrected chi connectivity index (χ4v) is 0.352. The molecule has 0 aliphatic rings. The molecule has 0 aromatic carbocycles. The van der Waals surface area contributed by atoms with Crippen LogP contribution in [0.15, 0.2) is 0 Å². The Kier molecular flexibility index (Phi) is 23.4. The summed E-state index contributed by atoms with van der Waals surface area (Å²) in [4.78, 5) is 10.0. The molecule has 0 unspecified atom stereocenters.